The first kappa shape index (κ1) is 20.4. The quantitative estimate of drug-likeness (QED) is 0.358. The molecule has 0 bridgehead atoms. The van der Waals surface area contributed by atoms with Crippen LogP contribution >= 0.6 is 11.8 Å². The molecule has 30 heavy (non-hydrogen) atoms. The maximum absolute atomic E-state index is 13.2. The van der Waals surface area contributed by atoms with Crippen molar-refractivity contribution in [3.63, 3.8) is 0 Å². The molecule has 1 heterocycles. The van der Waals surface area contributed by atoms with Gasteiger partial charge in [0.05, 0.1) is 18.0 Å². The van der Waals surface area contributed by atoms with Crippen LogP contribution < -0.4 is 0 Å². The van der Waals surface area contributed by atoms with Crippen molar-refractivity contribution in [2.24, 2.45) is 10.2 Å². The number of rotatable bonds is 7. The van der Waals surface area contributed by atoms with Gasteiger partial charge in [-0.25, -0.2) is 0 Å². The lowest BCUT2D eigenvalue weighted by Crippen LogP contribution is -2.31. The normalized spacial score (nSPS) is 18.2. The summed E-state index contributed by atoms with van der Waals surface area (Å²) in [4.78, 5) is 15.0. The molecular formula is C25H25N3OS. The van der Waals surface area contributed by atoms with Crippen molar-refractivity contribution in [3.8, 4) is 0 Å². The second-order valence-corrected chi connectivity index (χ2v) is 8.52. The average molecular weight is 416 g/mol. The van der Waals surface area contributed by atoms with Crippen molar-refractivity contribution in [2.75, 3.05) is 0 Å². The largest absolute Gasteiger partial charge is 0.284 e. The van der Waals surface area contributed by atoms with Gasteiger partial charge in [0.1, 0.15) is 0 Å². The van der Waals surface area contributed by atoms with Crippen molar-refractivity contribution >= 4 is 39.8 Å². The van der Waals surface area contributed by atoms with Crippen LogP contribution in [0.4, 0.5) is 0 Å². The highest BCUT2D eigenvalue weighted by Gasteiger charge is 2.37. The topological polar surface area (TPSA) is 45.0 Å². The molecule has 0 N–H and O–H groups in total. The van der Waals surface area contributed by atoms with Crippen molar-refractivity contribution in [1.29, 1.82) is 0 Å². The Morgan fingerprint density at radius 2 is 1.77 bits per heavy atom. The van der Waals surface area contributed by atoms with Crippen molar-refractivity contribution < 1.29 is 4.79 Å². The molecule has 1 unspecified atom stereocenters. The number of hydrogen-bond donors (Lipinski definition) is 0. The Balaban J connectivity index is 1.62. The lowest BCUT2D eigenvalue weighted by Gasteiger charge is -2.17. The van der Waals surface area contributed by atoms with Gasteiger partial charge in [0, 0.05) is 0 Å². The molecule has 0 spiro atoms. The summed E-state index contributed by atoms with van der Waals surface area (Å²) in [5.41, 5.74) is 2.11. The van der Waals surface area contributed by atoms with E-state index in [1.807, 2.05) is 48.5 Å². The number of amidine groups is 1. The van der Waals surface area contributed by atoms with Gasteiger partial charge >= 0.3 is 0 Å². The molecule has 3 aromatic rings. The first-order valence-electron chi connectivity index (χ1n) is 10.4. The van der Waals surface area contributed by atoms with Gasteiger partial charge in [-0.2, -0.15) is 5.10 Å². The summed E-state index contributed by atoms with van der Waals surface area (Å²) < 4.78 is 0. The van der Waals surface area contributed by atoms with Gasteiger partial charge in [0.25, 0.3) is 0 Å². The molecule has 152 valence electrons. The zero-order valence-corrected chi connectivity index (χ0v) is 17.9. The van der Waals surface area contributed by atoms with E-state index in [1.165, 1.54) is 22.5 Å². The molecule has 1 fully saturated rings. The SMILES string of the molecule is CCCCC1S/C(=N\N=C\c2ccccc2)N(Cc2cccc3ccccc23)C1=O. The summed E-state index contributed by atoms with van der Waals surface area (Å²) in [7, 11) is 0. The molecule has 3 aromatic carbocycles. The van der Waals surface area contributed by atoms with E-state index in [-0.39, 0.29) is 11.2 Å². The van der Waals surface area contributed by atoms with Gasteiger partial charge in [-0.3, -0.25) is 9.69 Å². The van der Waals surface area contributed by atoms with Gasteiger partial charge in [-0.05, 0) is 28.3 Å². The fraction of sp³-hybridized carbons (Fsp3) is 0.240. The van der Waals surface area contributed by atoms with E-state index >= 15 is 0 Å². The van der Waals surface area contributed by atoms with E-state index in [1.54, 1.807) is 11.1 Å². The number of hydrogen-bond acceptors (Lipinski definition) is 4. The molecule has 0 aromatic heterocycles. The van der Waals surface area contributed by atoms with Crippen LogP contribution in [-0.2, 0) is 11.3 Å². The van der Waals surface area contributed by atoms with Crippen LogP contribution in [0.5, 0.6) is 0 Å². The lowest BCUT2D eigenvalue weighted by molar-refractivity contribution is -0.126. The van der Waals surface area contributed by atoms with Gasteiger partial charge in [0.15, 0.2) is 5.17 Å². The van der Waals surface area contributed by atoms with Crippen molar-refractivity contribution in [3.05, 3.63) is 83.9 Å². The van der Waals surface area contributed by atoms with Crippen molar-refractivity contribution in [2.45, 2.75) is 38.0 Å². The third kappa shape index (κ3) is 4.62. The Morgan fingerprint density at radius 1 is 1.00 bits per heavy atom. The Hall–Kier alpha value is -2.92. The molecule has 1 amide bonds. The molecule has 4 rings (SSSR count). The van der Waals surface area contributed by atoms with E-state index in [9.17, 15) is 4.79 Å². The van der Waals surface area contributed by atoms with Gasteiger partial charge in [0.2, 0.25) is 5.91 Å². The van der Waals surface area contributed by atoms with E-state index in [0.717, 1.165) is 30.4 Å². The van der Waals surface area contributed by atoms with Crippen LogP contribution in [0.25, 0.3) is 10.8 Å². The molecular weight excluding hydrogens is 390 g/mol. The minimum absolute atomic E-state index is 0.0781. The molecule has 1 aliphatic heterocycles. The molecule has 1 saturated heterocycles. The Morgan fingerprint density at radius 3 is 2.60 bits per heavy atom. The number of fused-ring (bicyclic) bond motifs is 1. The number of carbonyl (C=O) groups is 1. The Bertz CT molecular complexity index is 1070. The van der Waals surface area contributed by atoms with Gasteiger partial charge in [-0.1, -0.05) is 104 Å². The third-order valence-electron chi connectivity index (χ3n) is 5.20. The predicted molar refractivity (Wildman–Crippen MR) is 127 cm³/mol. The van der Waals surface area contributed by atoms with Gasteiger partial charge in [-0.15, -0.1) is 5.10 Å². The maximum Gasteiger partial charge on any atom is 0.242 e. The maximum atomic E-state index is 13.2. The number of carbonyl (C=O) groups excluding carboxylic acids is 1. The zero-order chi connectivity index (χ0) is 20.8. The summed E-state index contributed by atoms with van der Waals surface area (Å²) in [5, 5.41) is 11.7. The van der Waals surface area contributed by atoms with Crippen LogP contribution in [-0.4, -0.2) is 27.4 Å². The van der Waals surface area contributed by atoms with Crippen molar-refractivity contribution in [1.82, 2.24) is 4.90 Å². The van der Waals surface area contributed by atoms with Gasteiger partial charge < -0.3 is 0 Å². The molecule has 0 saturated carbocycles. The fourth-order valence-electron chi connectivity index (χ4n) is 3.59. The minimum Gasteiger partial charge on any atom is -0.284 e. The average Bonchev–Trinajstić information content (AvgIpc) is 3.08. The molecule has 5 heteroatoms. The summed E-state index contributed by atoms with van der Waals surface area (Å²) in [6.45, 7) is 2.66. The number of benzene rings is 3. The first-order chi connectivity index (χ1) is 14.8. The van der Waals surface area contributed by atoms with E-state index in [0.29, 0.717) is 11.7 Å². The third-order valence-corrected chi connectivity index (χ3v) is 6.43. The highest BCUT2D eigenvalue weighted by atomic mass is 32.2. The molecule has 4 nitrogen and oxygen atoms in total. The highest BCUT2D eigenvalue weighted by Crippen LogP contribution is 2.33. The second-order valence-electron chi connectivity index (χ2n) is 7.35. The smallest absolute Gasteiger partial charge is 0.242 e. The van der Waals surface area contributed by atoms with E-state index in [4.69, 9.17) is 0 Å². The molecule has 1 atom stereocenters. The van der Waals surface area contributed by atoms with E-state index in [2.05, 4.69) is 41.4 Å². The summed E-state index contributed by atoms with van der Waals surface area (Å²) >= 11 is 1.54. The van der Waals surface area contributed by atoms with Crippen LogP contribution in [0.3, 0.4) is 0 Å². The summed E-state index contributed by atoms with van der Waals surface area (Å²) in [5.74, 6) is 0.134. The highest BCUT2D eigenvalue weighted by molar-refractivity contribution is 8.15. The Labute approximate surface area is 181 Å². The number of unbranched alkanes of at least 4 members (excludes halogenated alkanes) is 1. The van der Waals surface area contributed by atoms with Crippen LogP contribution in [0.15, 0.2) is 83.0 Å². The second kappa shape index (κ2) is 9.72. The number of amides is 1. The molecule has 0 radical (unpaired) electrons. The predicted octanol–water partition coefficient (Wildman–Crippen LogP) is 5.86. The van der Waals surface area contributed by atoms with Crippen LogP contribution in [0, 0.1) is 0 Å². The minimum atomic E-state index is -0.0781. The lowest BCUT2D eigenvalue weighted by atomic mass is 10.0. The number of nitrogens with zero attached hydrogens (tertiary/aromatic N) is 3. The summed E-state index contributed by atoms with van der Waals surface area (Å²) in [6.07, 6.45) is 4.71. The number of thioether (sulfide) groups is 1. The monoisotopic (exact) mass is 415 g/mol. The van der Waals surface area contributed by atoms with Crippen LogP contribution in [0.1, 0.15) is 37.3 Å². The molecule has 0 aliphatic carbocycles. The summed E-state index contributed by atoms with van der Waals surface area (Å²) in [6, 6.07) is 24.4. The van der Waals surface area contributed by atoms with Crippen LogP contribution in [0.2, 0.25) is 0 Å². The Kier molecular flexibility index (Phi) is 6.60. The van der Waals surface area contributed by atoms with E-state index < -0.39 is 0 Å². The molecule has 1 aliphatic rings. The first-order valence-corrected chi connectivity index (χ1v) is 11.2. The standard InChI is InChI=1S/C25H25N3OS/c1-2-3-16-23-24(29)28(18-21-14-9-13-20-12-7-8-15-22(20)21)25(30-23)27-26-17-19-10-5-4-6-11-19/h4-15,17,23H,2-3,16,18H2,1H3/b26-17+,27-25-. The fourth-order valence-corrected chi connectivity index (χ4v) is 4.73. The zero-order valence-electron chi connectivity index (χ0n) is 17.1.